The second kappa shape index (κ2) is 6.70. The van der Waals surface area contributed by atoms with E-state index >= 15 is 0 Å². The van der Waals surface area contributed by atoms with Gasteiger partial charge in [-0.1, -0.05) is 19.0 Å². The van der Waals surface area contributed by atoms with Gasteiger partial charge >= 0.3 is 0 Å². The van der Waals surface area contributed by atoms with E-state index in [1.165, 1.54) is 0 Å². The van der Waals surface area contributed by atoms with Gasteiger partial charge in [-0.05, 0) is 33.4 Å². The highest BCUT2D eigenvalue weighted by Crippen LogP contribution is 2.20. The quantitative estimate of drug-likeness (QED) is 0.262. The minimum absolute atomic E-state index is 0.261. The Labute approximate surface area is 97.9 Å². The fourth-order valence-corrected chi connectivity index (χ4v) is 1.25. The first-order chi connectivity index (χ1) is 7.29. The molecule has 0 aromatic rings. The lowest BCUT2D eigenvalue weighted by Crippen LogP contribution is -2.35. The van der Waals surface area contributed by atoms with Crippen molar-refractivity contribution >= 4 is 5.84 Å². The second-order valence-electron chi connectivity index (χ2n) is 5.06. The first-order valence-corrected chi connectivity index (χ1v) is 5.64. The van der Waals surface area contributed by atoms with Crippen LogP contribution in [-0.2, 0) is 0 Å². The molecule has 0 rings (SSSR count). The molecule has 0 aliphatic heterocycles. The molecule has 1 atom stereocenters. The third kappa shape index (κ3) is 5.92. The van der Waals surface area contributed by atoms with Crippen molar-refractivity contribution in [3.63, 3.8) is 0 Å². The van der Waals surface area contributed by atoms with Gasteiger partial charge in [0.15, 0.2) is 0 Å². The molecule has 96 valence electrons. The smallest absolute Gasteiger partial charge is 0.144 e. The first-order valence-electron chi connectivity index (χ1n) is 5.64. The van der Waals surface area contributed by atoms with Crippen LogP contribution in [0.5, 0.6) is 0 Å². The van der Waals surface area contributed by atoms with E-state index in [1.54, 1.807) is 6.92 Å². The fraction of sp³-hybridized carbons (Fsp3) is 0.909. The van der Waals surface area contributed by atoms with Gasteiger partial charge in [-0.15, -0.1) is 0 Å². The molecular formula is C11H25N3O2. The van der Waals surface area contributed by atoms with Crippen molar-refractivity contribution in [3.05, 3.63) is 0 Å². The van der Waals surface area contributed by atoms with Crippen LogP contribution in [0, 0.1) is 5.41 Å². The first kappa shape index (κ1) is 15.2. The molecule has 5 nitrogen and oxygen atoms in total. The van der Waals surface area contributed by atoms with Crippen molar-refractivity contribution in [1.82, 2.24) is 4.90 Å². The topological polar surface area (TPSA) is 82.1 Å². The van der Waals surface area contributed by atoms with Crippen molar-refractivity contribution in [2.24, 2.45) is 16.3 Å². The number of nitrogens with two attached hydrogens (primary N) is 1. The van der Waals surface area contributed by atoms with E-state index < -0.39 is 0 Å². The molecular weight excluding hydrogens is 206 g/mol. The molecule has 0 aromatic heterocycles. The Morgan fingerprint density at radius 1 is 1.44 bits per heavy atom. The lowest BCUT2D eigenvalue weighted by atomic mass is 9.88. The number of oxime groups is 1. The van der Waals surface area contributed by atoms with Crippen LogP contribution < -0.4 is 5.73 Å². The number of rotatable bonds is 7. The van der Waals surface area contributed by atoms with Crippen LogP contribution >= 0.6 is 0 Å². The summed E-state index contributed by atoms with van der Waals surface area (Å²) in [7, 11) is 2.00. The minimum Gasteiger partial charge on any atom is -0.409 e. The van der Waals surface area contributed by atoms with Crippen LogP contribution in [0.25, 0.3) is 0 Å². The standard InChI is InChI=1S/C11H25N3O2/c1-9(15)5-7-14(4)8-6-11(2,3)10(12)13-16/h9,15-16H,5-8H2,1-4H3,(H2,12,13). The highest BCUT2D eigenvalue weighted by atomic mass is 16.4. The third-order valence-electron chi connectivity index (χ3n) is 2.85. The molecule has 0 radical (unpaired) electrons. The summed E-state index contributed by atoms with van der Waals surface area (Å²) in [5.41, 5.74) is 5.30. The van der Waals surface area contributed by atoms with Gasteiger partial charge in [0.1, 0.15) is 5.84 Å². The average molecular weight is 231 g/mol. The number of aliphatic hydroxyl groups is 1. The molecule has 0 spiro atoms. The Kier molecular flexibility index (Phi) is 6.36. The van der Waals surface area contributed by atoms with Gasteiger partial charge in [-0.2, -0.15) is 0 Å². The summed E-state index contributed by atoms with van der Waals surface area (Å²) in [6.45, 7) is 7.39. The van der Waals surface area contributed by atoms with Crippen molar-refractivity contribution in [3.8, 4) is 0 Å². The Morgan fingerprint density at radius 3 is 2.44 bits per heavy atom. The van der Waals surface area contributed by atoms with Crippen LogP contribution in [-0.4, -0.2) is 47.3 Å². The molecule has 0 bridgehead atoms. The summed E-state index contributed by atoms with van der Waals surface area (Å²) in [6.07, 6.45) is 1.32. The number of hydrogen-bond acceptors (Lipinski definition) is 4. The molecule has 0 aromatic carbocycles. The maximum absolute atomic E-state index is 9.16. The normalized spacial score (nSPS) is 15.5. The highest BCUT2D eigenvalue weighted by Gasteiger charge is 2.23. The molecule has 0 amide bonds. The molecule has 1 unspecified atom stereocenters. The summed E-state index contributed by atoms with van der Waals surface area (Å²) >= 11 is 0. The van der Waals surface area contributed by atoms with Gasteiger partial charge in [0, 0.05) is 12.0 Å². The lowest BCUT2D eigenvalue weighted by molar-refractivity contribution is 0.161. The molecule has 0 aliphatic rings. The highest BCUT2D eigenvalue weighted by molar-refractivity contribution is 5.85. The van der Waals surface area contributed by atoms with Gasteiger partial charge in [-0.3, -0.25) is 0 Å². The zero-order valence-corrected chi connectivity index (χ0v) is 10.8. The summed E-state index contributed by atoms with van der Waals surface area (Å²) in [5, 5.41) is 20.8. The maximum Gasteiger partial charge on any atom is 0.144 e. The van der Waals surface area contributed by atoms with Crippen molar-refractivity contribution in [1.29, 1.82) is 0 Å². The monoisotopic (exact) mass is 231 g/mol. The molecule has 0 saturated carbocycles. The van der Waals surface area contributed by atoms with E-state index in [1.807, 2.05) is 20.9 Å². The fourth-order valence-electron chi connectivity index (χ4n) is 1.25. The molecule has 5 heteroatoms. The number of hydrogen-bond donors (Lipinski definition) is 3. The molecule has 0 heterocycles. The Morgan fingerprint density at radius 2 is 2.00 bits per heavy atom. The van der Waals surface area contributed by atoms with Crippen LogP contribution in [0.4, 0.5) is 0 Å². The van der Waals surface area contributed by atoms with E-state index in [0.29, 0.717) is 0 Å². The van der Waals surface area contributed by atoms with Crippen molar-refractivity contribution in [2.75, 3.05) is 20.1 Å². The second-order valence-corrected chi connectivity index (χ2v) is 5.06. The maximum atomic E-state index is 9.16. The molecule has 0 aliphatic carbocycles. The lowest BCUT2D eigenvalue weighted by Gasteiger charge is -2.26. The average Bonchev–Trinajstić information content (AvgIpc) is 2.22. The van der Waals surface area contributed by atoms with Crippen molar-refractivity contribution < 1.29 is 10.3 Å². The van der Waals surface area contributed by atoms with Gasteiger partial charge < -0.3 is 20.9 Å². The van der Waals surface area contributed by atoms with Crippen LogP contribution in [0.15, 0.2) is 5.16 Å². The summed E-state index contributed by atoms with van der Waals surface area (Å²) in [5.74, 6) is 0.261. The van der Waals surface area contributed by atoms with E-state index in [-0.39, 0.29) is 17.4 Å². The third-order valence-corrected chi connectivity index (χ3v) is 2.85. The van der Waals surface area contributed by atoms with E-state index in [9.17, 15) is 0 Å². The SMILES string of the molecule is CC(O)CCN(C)CCC(C)(C)C(N)=NO. The summed E-state index contributed by atoms with van der Waals surface area (Å²) < 4.78 is 0. The van der Waals surface area contributed by atoms with Gasteiger partial charge in [0.25, 0.3) is 0 Å². The zero-order valence-electron chi connectivity index (χ0n) is 10.8. The van der Waals surface area contributed by atoms with Gasteiger partial charge in [0.2, 0.25) is 0 Å². The zero-order chi connectivity index (χ0) is 12.8. The molecule has 0 fully saturated rings. The van der Waals surface area contributed by atoms with Gasteiger partial charge in [0.05, 0.1) is 6.10 Å². The summed E-state index contributed by atoms with van der Waals surface area (Å²) in [4.78, 5) is 2.14. The van der Waals surface area contributed by atoms with E-state index in [4.69, 9.17) is 16.0 Å². The van der Waals surface area contributed by atoms with E-state index in [0.717, 1.165) is 25.9 Å². The van der Waals surface area contributed by atoms with E-state index in [2.05, 4.69) is 10.1 Å². The number of amidine groups is 1. The molecule has 16 heavy (non-hydrogen) atoms. The Bertz CT molecular complexity index is 227. The number of nitrogens with zero attached hydrogens (tertiary/aromatic N) is 2. The largest absolute Gasteiger partial charge is 0.409 e. The van der Waals surface area contributed by atoms with Crippen LogP contribution in [0.2, 0.25) is 0 Å². The Balaban J connectivity index is 3.95. The van der Waals surface area contributed by atoms with Crippen LogP contribution in [0.1, 0.15) is 33.6 Å². The van der Waals surface area contributed by atoms with Gasteiger partial charge in [-0.25, -0.2) is 0 Å². The predicted octanol–water partition coefficient (Wildman–Crippen LogP) is 0.852. The molecule has 4 N–H and O–H groups in total. The molecule has 0 saturated heterocycles. The predicted molar refractivity (Wildman–Crippen MR) is 65.6 cm³/mol. The van der Waals surface area contributed by atoms with Crippen LogP contribution in [0.3, 0.4) is 0 Å². The Hall–Kier alpha value is -0.810. The number of aliphatic hydroxyl groups excluding tert-OH is 1. The minimum atomic E-state index is -0.298. The van der Waals surface area contributed by atoms with Crippen molar-refractivity contribution in [2.45, 2.75) is 39.7 Å². The summed E-state index contributed by atoms with van der Waals surface area (Å²) in [6, 6.07) is 0.